The first kappa shape index (κ1) is 25.4. The molecule has 0 spiro atoms. The molecule has 2 aliphatic carbocycles. The van der Waals surface area contributed by atoms with Crippen molar-refractivity contribution in [3.05, 3.63) is 59.4 Å². The molecule has 0 nitrogen and oxygen atoms in total. The van der Waals surface area contributed by atoms with Gasteiger partial charge in [-0.15, -0.1) is 0 Å². The molecule has 186 valence electrons. The molecule has 4 rings (SSSR count). The topological polar surface area (TPSA) is 0 Å². The van der Waals surface area contributed by atoms with Crippen LogP contribution in [0, 0.1) is 23.6 Å². The molecule has 2 aromatic rings. The Kier molecular flexibility index (Phi) is 9.59. The first-order valence-electron chi connectivity index (χ1n) is 14.1. The summed E-state index contributed by atoms with van der Waals surface area (Å²) in [4.78, 5) is 0. The predicted molar refractivity (Wildman–Crippen MR) is 140 cm³/mol. The third-order valence-corrected chi connectivity index (χ3v) is 8.87. The van der Waals surface area contributed by atoms with Gasteiger partial charge in [0, 0.05) is 5.56 Å². The van der Waals surface area contributed by atoms with Crippen molar-refractivity contribution in [2.45, 2.75) is 103 Å². The molecule has 34 heavy (non-hydrogen) atoms. The van der Waals surface area contributed by atoms with E-state index in [-0.39, 0.29) is 12.5 Å². The van der Waals surface area contributed by atoms with Crippen molar-refractivity contribution in [3.8, 4) is 11.1 Å². The van der Waals surface area contributed by atoms with E-state index >= 15 is 4.39 Å². The Bertz CT molecular complexity index is 855. The fourth-order valence-electron chi connectivity index (χ4n) is 6.66. The lowest BCUT2D eigenvalue weighted by atomic mass is 9.68. The molecule has 0 N–H and O–H groups in total. The average molecular weight is 467 g/mol. The maximum absolute atomic E-state index is 15.1. The van der Waals surface area contributed by atoms with E-state index in [1.165, 1.54) is 81.8 Å². The van der Waals surface area contributed by atoms with Gasteiger partial charge in [0.2, 0.25) is 0 Å². The lowest BCUT2D eigenvalue weighted by Gasteiger charge is -2.38. The second kappa shape index (κ2) is 12.8. The lowest BCUT2D eigenvalue weighted by molar-refractivity contribution is 0.156. The molecule has 0 bridgehead atoms. The molecule has 2 saturated carbocycles. The molecule has 2 heteroatoms. The quantitative estimate of drug-likeness (QED) is 0.306. The molecule has 2 aliphatic rings. The van der Waals surface area contributed by atoms with E-state index in [2.05, 4.69) is 25.1 Å². The lowest BCUT2D eigenvalue weighted by Crippen LogP contribution is -2.25. The predicted octanol–water partition coefficient (Wildman–Crippen LogP) is 10.1. The van der Waals surface area contributed by atoms with Crippen molar-refractivity contribution in [2.75, 3.05) is 6.67 Å². The summed E-state index contributed by atoms with van der Waals surface area (Å²) in [5, 5.41) is 0. The first-order chi connectivity index (χ1) is 16.7. The van der Waals surface area contributed by atoms with Crippen molar-refractivity contribution < 1.29 is 8.78 Å². The summed E-state index contributed by atoms with van der Waals surface area (Å²) in [6.07, 6.45) is 17.4. The summed E-state index contributed by atoms with van der Waals surface area (Å²) < 4.78 is 27.4. The smallest absolute Gasteiger partial charge is 0.131 e. The Morgan fingerprint density at radius 2 is 1.44 bits per heavy atom. The largest absolute Gasteiger partial charge is 0.251 e. The van der Waals surface area contributed by atoms with E-state index in [1.807, 2.05) is 18.2 Å². The number of rotatable bonds is 10. The minimum Gasteiger partial charge on any atom is -0.251 e. The molecule has 0 unspecified atom stereocenters. The van der Waals surface area contributed by atoms with Crippen LogP contribution in [0.4, 0.5) is 8.78 Å². The third-order valence-electron chi connectivity index (χ3n) is 8.87. The molecular formula is C32H44F2. The van der Waals surface area contributed by atoms with Crippen LogP contribution in [0.2, 0.25) is 0 Å². The fourth-order valence-corrected chi connectivity index (χ4v) is 6.66. The van der Waals surface area contributed by atoms with Crippen LogP contribution < -0.4 is 0 Å². The molecule has 0 atom stereocenters. The van der Waals surface area contributed by atoms with Crippen molar-refractivity contribution in [1.29, 1.82) is 0 Å². The van der Waals surface area contributed by atoms with Gasteiger partial charge in [0.1, 0.15) is 5.82 Å². The Morgan fingerprint density at radius 3 is 2.06 bits per heavy atom. The van der Waals surface area contributed by atoms with Crippen LogP contribution in [0.25, 0.3) is 11.1 Å². The van der Waals surface area contributed by atoms with E-state index in [0.717, 1.165) is 36.2 Å². The third kappa shape index (κ3) is 6.70. The highest BCUT2D eigenvalue weighted by Gasteiger charge is 2.31. The summed E-state index contributed by atoms with van der Waals surface area (Å²) in [7, 11) is 0. The Hall–Kier alpha value is -1.70. The zero-order chi connectivity index (χ0) is 23.8. The number of aryl methyl sites for hydroxylation is 1. The van der Waals surface area contributed by atoms with E-state index < -0.39 is 0 Å². The summed E-state index contributed by atoms with van der Waals surface area (Å²) in [6, 6.07) is 14.1. The normalized spacial score (nSPS) is 25.4. The molecule has 0 amide bonds. The van der Waals surface area contributed by atoms with Gasteiger partial charge in [0.05, 0.1) is 6.67 Å². The number of benzene rings is 2. The molecular weight excluding hydrogens is 422 g/mol. The molecule has 0 aromatic heterocycles. The van der Waals surface area contributed by atoms with Crippen molar-refractivity contribution in [2.24, 2.45) is 17.8 Å². The van der Waals surface area contributed by atoms with Crippen molar-refractivity contribution >= 4 is 0 Å². The minimum atomic E-state index is -0.253. The van der Waals surface area contributed by atoms with Crippen LogP contribution in [-0.2, 0) is 6.42 Å². The van der Waals surface area contributed by atoms with E-state index in [1.54, 1.807) is 6.07 Å². The number of halogens is 2. The highest BCUT2D eigenvalue weighted by molar-refractivity contribution is 5.65. The molecule has 2 aromatic carbocycles. The molecule has 0 aliphatic heterocycles. The van der Waals surface area contributed by atoms with Gasteiger partial charge < -0.3 is 0 Å². The highest BCUT2D eigenvalue weighted by Crippen LogP contribution is 2.45. The van der Waals surface area contributed by atoms with Crippen LogP contribution >= 0.6 is 0 Å². The molecule has 0 radical (unpaired) electrons. The zero-order valence-corrected chi connectivity index (χ0v) is 21.2. The van der Waals surface area contributed by atoms with Crippen LogP contribution in [0.15, 0.2) is 42.5 Å². The van der Waals surface area contributed by atoms with Gasteiger partial charge in [0.15, 0.2) is 0 Å². The monoisotopic (exact) mass is 466 g/mol. The average Bonchev–Trinajstić information content (AvgIpc) is 2.88. The number of unbranched alkanes of at least 4 members (excludes halogenated alkanes) is 2. The van der Waals surface area contributed by atoms with Crippen LogP contribution in [0.1, 0.15) is 107 Å². The summed E-state index contributed by atoms with van der Waals surface area (Å²) in [5.74, 6) is 3.24. The Labute approximate surface area is 206 Å². The summed E-state index contributed by atoms with van der Waals surface area (Å²) in [6.45, 7) is 2.05. The van der Waals surface area contributed by atoms with Crippen LogP contribution in [0.3, 0.4) is 0 Å². The molecule has 2 fully saturated rings. The van der Waals surface area contributed by atoms with Crippen LogP contribution in [-0.4, -0.2) is 6.67 Å². The Balaban J connectivity index is 1.28. The van der Waals surface area contributed by atoms with Crippen molar-refractivity contribution in [3.63, 3.8) is 0 Å². The number of hydrogen-bond donors (Lipinski definition) is 0. The molecule has 0 heterocycles. The van der Waals surface area contributed by atoms with Gasteiger partial charge in [-0.2, -0.15) is 0 Å². The van der Waals surface area contributed by atoms with Gasteiger partial charge >= 0.3 is 0 Å². The van der Waals surface area contributed by atoms with Gasteiger partial charge in [-0.1, -0.05) is 75.4 Å². The number of hydrogen-bond acceptors (Lipinski definition) is 0. The van der Waals surface area contributed by atoms with Gasteiger partial charge in [0.25, 0.3) is 0 Å². The van der Waals surface area contributed by atoms with Gasteiger partial charge in [-0.05, 0) is 104 Å². The Morgan fingerprint density at radius 1 is 0.765 bits per heavy atom. The summed E-state index contributed by atoms with van der Waals surface area (Å²) in [5.41, 5.74) is 4.00. The fraction of sp³-hybridized carbons (Fsp3) is 0.625. The second-order valence-electron chi connectivity index (χ2n) is 11.1. The van der Waals surface area contributed by atoms with E-state index in [9.17, 15) is 4.39 Å². The summed E-state index contributed by atoms with van der Waals surface area (Å²) >= 11 is 0. The maximum Gasteiger partial charge on any atom is 0.131 e. The maximum atomic E-state index is 15.1. The van der Waals surface area contributed by atoms with Crippen molar-refractivity contribution in [1.82, 2.24) is 0 Å². The number of alkyl halides is 1. The van der Waals surface area contributed by atoms with E-state index in [0.29, 0.717) is 17.9 Å². The highest BCUT2D eigenvalue weighted by atomic mass is 19.1. The van der Waals surface area contributed by atoms with Crippen LogP contribution in [0.5, 0.6) is 0 Å². The van der Waals surface area contributed by atoms with E-state index in [4.69, 9.17) is 0 Å². The zero-order valence-electron chi connectivity index (χ0n) is 21.2. The SMILES string of the molecule is CCCC[C@H]1CC[C@H]([C@H]2CC[C@H](c3ccc(-c4ccc(CCCCF)cc4)c(F)c3)CC2)CC1. The van der Waals surface area contributed by atoms with Gasteiger partial charge in [-0.25, -0.2) is 4.39 Å². The first-order valence-corrected chi connectivity index (χ1v) is 14.1. The second-order valence-corrected chi connectivity index (χ2v) is 11.1. The molecule has 0 saturated heterocycles. The standard InChI is InChI=1S/C32H44F2/c1-2-3-6-24-8-12-26(13-9-24)27-16-18-28(19-17-27)30-20-21-31(32(34)23-30)29-14-10-25(11-15-29)7-4-5-22-33/h10-11,14-15,20-21,23-24,26-28H,2-9,12-13,16-19,22H2,1H3/t24-,26-,27-,28-. The minimum absolute atomic E-state index is 0.102. The van der Waals surface area contributed by atoms with Gasteiger partial charge in [-0.3, -0.25) is 4.39 Å².